The molecule has 3 rings (SSSR count). The Morgan fingerprint density at radius 1 is 1.45 bits per heavy atom. The van der Waals surface area contributed by atoms with Gasteiger partial charge in [-0.15, -0.1) is 0 Å². The lowest BCUT2D eigenvalue weighted by atomic mass is 10.1. The summed E-state index contributed by atoms with van der Waals surface area (Å²) < 4.78 is 14.5. The van der Waals surface area contributed by atoms with Crippen molar-refractivity contribution in [2.45, 2.75) is 25.2 Å². The molecule has 1 aliphatic rings. The van der Waals surface area contributed by atoms with Crippen LogP contribution in [0, 0.1) is 10.5 Å². The average molecular weight is 374 g/mol. The van der Waals surface area contributed by atoms with Gasteiger partial charge in [-0.3, -0.25) is 0 Å². The molecule has 6 heteroatoms. The monoisotopic (exact) mass is 372 g/mol. The van der Waals surface area contributed by atoms with Gasteiger partial charge in [-0.05, 0) is 46.5 Å². The van der Waals surface area contributed by atoms with Crippen LogP contribution in [-0.4, -0.2) is 9.97 Å². The van der Waals surface area contributed by atoms with Crippen LogP contribution >= 0.6 is 39.7 Å². The average Bonchev–Trinajstić information content (AvgIpc) is 3.21. The highest BCUT2D eigenvalue weighted by Gasteiger charge is 2.27. The minimum Gasteiger partial charge on any atom is -0.346 e. The van der Waals surface area contributed by atoms with Crippen molar-refractivity contribution in [1.29, 1.82) is 0 Å². The zero-order chi connectivity index (χ0) is 14.3. The molecule has 2 aromatic rings. The van der Waals surface area contributed by atoms with Crippen LogP contribution in [0.25, 0.3) is 0 Å². The van der Waals surface area contributed by atoms with E-state index in [1.165, 1.54) is 25.0 Å². The molecule has 1 saturated carbocycles. The summed E-state index contributed by atoms with van der Waals surface area (Å²) in [5.41, 5.74) is 1.94. The number of hydrogen-bond donors (Lipinski definition) is 1. The maximum Gasteiger partial charge on any atom is 0.144 e. The van der Waals surface area contributed by atoms with E-state index in [9.17, 15) is 4.39 Å². The standard InChI is InChI=1S/C14H11BrClFN2S/c15-12-13(7-1-2-7)18-11(19-14(12)20)5-8-3-4-9(17)6-10(8)16/h3-4,6-7H,1-2,5H2,(H,18,19,20). The van der Waals surface area contributed by atoms with E-state index < -0.39 is 0 Å². The normalized spacial score (nSPS) is 14.6. The zero-order valence-corrected chi connectivity index (χ0v) is 13.6. The van der Waals surface area contributed by atoms with Crippen LogP contribution in [0.3, 0.4) is 0 Å². The van der Waals surface area contributed by atoms with Crippen molar-refractivity contribution in [3.05, 3.63) is 55.2 Å². The Kier molecular flexibility index (Phi) is 3.93. The SMILES string of the molecule is Fc1ccc(Cc2nc(=S)c(Br)c(C3CC3)[nH]2)c(Cl)c1. The zero-order valence-electron chi connectivity index (χ0n) is 10.4. The van der Waals surface area contributed by atoms with E-state index in [4.69, 9.17) is 23.8 Å². The molecule has 0 atom stereocenters. The molecule has 104 valence electrons. The molecule has 1 aliphatic carbocycles. The molecule has 1 N–H and O–H groups in total. The molecule has 1 heterocycles. The van der Waals surface area contributed by atoms with Crippen molar-refractivity contribution in [1.82, 2.24) is 9.97 Å². The van der Waals surface area contributed by atoms with E-state index in [1.54, 1.807) is 6.07 Å². The minimum atomic E-state index is -0.339. The van der Waals surface area contributed by atoms with Crippen molar-refractivity contribution >= 4 is 39.7 Å². The van der Waals surface area contributed by atoms with E-state index in [0.717, 1.165) is 21.6 Å². The number of nitrogens with one attached hydrogen (secondary N) is 1. The molecule has 0 aliphatic heterocycles. The van der Waals surface area contributed by atoms with Crippen LogP contribution < -0.4 is 0 Å². The van der Waals surface area contributed by atoms with Gasteiger partial charge in [0.2, 0.25) is 0 Å². The summed E-state index contributed by atoms with van der Waals surface area (Å²) in [6.45, 7) is 0. The second-order valence-corrected chi connectivity index (χ2v) is 6.49. The van der Waals surface area contributed by atoms with Gasteiger partial charge in [-0.2, -0.15) is 0 Å². The molecule has 1 aromatic carbocycles. The lowest BCUT2D eigenvalue weighted by molar-refractivity contribution is 0.627. The molecule has 1 fully saturated rings. The number of hydrogen-bond acceptors (Lipinski definition) is 2. The number of rotatable bonds is 3. The molecule has 0 spiro atoms. The molecule has 0 bridgehead atoms. The Bertz CT molecular complexity index is 728. The summed E-state index contributed by atoms with van der Waals surface area (Å²) in [5, 5.41) is 0.405. The van der Waals surface area contributed by atoms with Crippen LogP contribution in [0.1, 0.15) is 35.8 Å². The summed E-state index contributed by atoms with van der Waals surface area (Å²) in [6.07, 6.45) is 2.85. The third kappa shape index (κ3) is 2.95. The van der Waals surface area contributed by atoms with Crippen molar-refractivity contribution in [3.8, 4) is 0 Å². The van der Waals surface area contributed by atoms with E-state index in [-0.39, 0.29) is 5.82 Å². The number of H-pyrrole nitrogens is 1. The van der Waals surface area contributed by atoms with Gasteiger partial charge in [0, 0.05) is 23.1 Å². The van der Waals surface area contributed by atoms with Gasteiger partial charge in [-0.1, -0.05) is 29.9 Å². The highest BCUT2D eigenvalue weighted by atomic mass is 79.9. The minimum absolute atomic E-state index is 0.339. The summed E-state index contributed by atoms with van der Waals surface area (Å²) in [5.74, 6) is 0.958. The molecular weight excluding hydrogens is 363 g/mol. The predicted octanol–water partition coefficient (Wildman–Crippen LogP) is 5.16. The van der Waals surface area contributed by atoms with Gasteiger partial charge < -0.3 is 4.98 Å². The van der Waals surface area contributed by atoms with Gasteiger partial charge in [0.05, 0.1) is 4.47 Å². The number of nitrogens with zero attached hydrogens (tertiary/aromatic N) is 1. The first kappa shape index (κ1) is 14.2. The largest absolute Gasteiger partial charge is 0.346 e. The van der Waals surface area contributed by atoms with Crippen molar-refractivity contribution in [3.63, 3.8) is 0 Å². The topological polar surface area (TPSA) is 28.7 Å². The van der Waals surface area contributed by atoms with Crippen LogP contribution in [0.5, 0.6) is 0 Å². The van der Waals surface area contributed by atoms with E-state index in [0.29, 0.717) is 22.0 Å². The van der Waals surface area contributed by atoms with E-state index >= 15 is 0 Å². The fraction of sp³-hybridized carbons (Fsp3) is 0.286. The molecule has 0 radical (unpaired) electrons. The first-order valence-corrected chi connectivity index (χ1v) is 7.85. The van der Waals surface area contributed by atoms with Crippen molar-refractivity contribution < 1.29 is 4.39 Å². The summed E-state index contributed by atoms with van der Waals surface area (Å²) in [6, 6.07) is 4.39. The van der Waals surface area contributed by atoms with Crippen LogP contribution in [-0.2, 0) is 6.42 Å². The predicted molar refractivity (Wildman–Crippen MR) is 83.3 cm³/mol. The lowest BCUT2D eigenvalue weighted by Gasteiger charge is -2.09. The van der Waals surface area contributed by atoms with Crippen LogP contribution in [0.4, 0.5) is 4.39 Å². The Morgan fingerprint density at radius 2 is 2.20 bits per heavy atom. The quantitative estimate of drug-likeness (QED) is 0.753. The Labute approximate surface area is 134 Å². The fourth-order valence-electron chi connectivity index (χ4n) is 2.11. The number of aromatic amines is 1. The Balaban J connectivity index is 1.96. The van der Waals surface area contributed by atoms with Crippen molar-refractivity contribution in [2.75, 3.05) is 0 Å². The Morgan fingerprint density at radius 3 is 2.85 bits per heavy atom. The van der Waals surface area contributed by atoms with Gasteiger partial charge in [0.1, 0.15) is 16.3 Å². The summed E-state index contributed by atoms with van der Waals surface area (Å²) >= 11 is 14.8. The first-order valence-electron chi connectivity index (χ1n) is 6.27. The maximum absolute atomic E-state index is 13.1. The van der Waals surface area contributed by atoms with E-state index in [1.807, 2.05) is 0 Å². The third-order valence-electron chi connectivity index (χ3n) is 3.30. The molecule has 0 saturated heterocycles. The third-order valence-corrected chi connectivity index (χ3v) is 5.01. The van der Waals surface area contributed by atoms with Gasteiger partial charge in [-0.25, -0.2) is 9.37 Å². The molecule has 0 amide bonds. The van der Waals surface area contributed by atoms with E-state index in [2.05, 4.69) is 25.9 Å². The van der Waals surface area contributed by atoms with Crippen LogP contribution in [0.15, 0.2) is 22.7 Å². The highest BCUT2D eigenvalue weighted by molar-refractivity contribution is 9.10. The van der Waals surface area contributed by atoms with Gasteiger partial charge in [0.15, 0.2) is 0 Å². The number of benzene rings is 1. The van der Waals surface area contributed by atoms with Crippen LogP contribution in [0.2, 0.25) is 5.02 Å². The second kappa shape index (κ2) is 5.54. The van der Waals surface area contributed by atoms with Gasteiger partial charge >= 0.3 is 0 Å². The molecule has 1 aromatic heterocycles. The number of aromatic nitrogens is 2. The molecule has 2 nitrogen and oxygen atoms in total. The summed E-state index contributed by atoms with van der Waals surface area (Å²) in [4.78, 5) is 7.69. The summed E-state index contributed by atoms with van der Waals surface area (Å²) in [7, 11) is 0. The smallest absolute Gasteiger partial charge is 0.144 e. The lowest BCUT2D eigenvalue weighted by Crippen LogP contribution is -2.02. The molecule has 20 heavy (non-hydrogen) atoms. The number of halogens is 3. The fourth-order valence-corrected chi connectivity index (χ4v) is 3.07. The maximum atomic E-state index is 13.1. The molecular formula is C14H11BrClFN2S. The first-order chi connectivity index (χ1) is 9.54. The van der Waals surface area contributed by atoms with Crippen molar-refractivity contribution in [2.24, 2.45) is 0 Å². The highest BCUT2D eigenvalue weighted by Crippen LogP contribution is 2.42. The van der Waals surface area contributed by atoms with Gasteiger partial charge in [0.25, 0.3) is 0 Å². The second-order valence-electron chi connectivity index (χ2n) is 4.90. The Hall–Kier alpha value is -0.780. The molecule has 0 unspecified atom stereocenters.